The van der Waals surface area contributed by atoms with Crippen LogP contribution >= 0.6 is 22.9 Å². The Balaban J connectivity index is 1.64. The summed E-state index contributed by atoms with van der Waals surface area (Å²) in [7, 11) is 1.86. The molecule has 0 fully saturated rings. The number of thiazole rings is 1. The third-order valence-corrected chi connectivity index (χ3v) is 4.96. The minimum Gasteiger partial charge on any atom is -0.406 e. The predicted octanol–water partition coefficient (Wildman–Crippen LogP) is 5.59. The van der Waals surface area contributed by atoms with Crippen molar-refractivity contribution < 1.29 is 22.6 Å². The molecule has 9 heteroatoms. The summed E-state index contributed by atoms with van der Waals surface area (Å²) in [6.07, 6.45) is -4.71. The molecule has 0 radical (unpaired) electrons. The van der Waals surface area contributed by atoms with Crippen molar-refractivity contribution in [3.8, 4) is 5.75 Å². The lowest BCUT2D eigenvalue weighted by atomic mass is 10.2. The van der Waals surface area contributed by atoms with E-state index in [1.165, 1.54) is 35.6 Å². The van der Waals surface area contributed by atoms with Crippen LogP contribution in [0.15, 0.2) is 58.9 Å². The van der Waals surface area contributed by atoms with Gasteiger partial charge in [0, 0.05) is 17.5 Å². The standard InChI is InChI=1S/C19H16ClF3N2O2S/c1-25-16(11-26-10-13-2-4-14(20)5-3-13)12-28-18(25)24-15-6-8-17(9-7-15)27-19(21,22)23/h2-9,12H,10-11H2,1H3. The molecule has 1 heterocycles. The summed E-state index contributed by atoms with van der Waals surface area (Å²) in [6, 6.07) is 12.8. The molecule has 1 aromatic heterocycles. The van der Waals surface area contributed by atoms with Crippen LogP contribution in [0.2, 0.25) is 5.02 Å². The minimum absolute atomic E-state index is 0.279. The zero-order valence-electron chi connectivity index (χ0n) is 14.7. The van der Waals surface area contributed by atoms with Gasteiger partial charge in [-0.3, -0.25) is 0 Å². The Morgan fingerprint density at radius 3 is 2.36 bits per heavy atom. The van der Waals surface area contributed by atoms with E-state index in [1.807, 2.05) is 41.3 Å². The van der Waals surface area contributed by atoms with E-state index in [4.69, 9.17) is 16.3 Å². The maximum atomic E-state index is 12.2. The quantitative estimate of drug-likeness (QED) is 0.513. The first-order valence-corrected chi connectivity index (χ1v) is 9.42. The van der Waals surface area contributed by atoms with Gasteiger partial charge in [0.2, 0.25) is 0 Å². The number of rotatable bonds is 6. The third kappa shape index (κ3) is 5.85. The van der Waals surface area contributed by atoms with Crippen LogP contribution in [0.25, 0.3) is 0 Å². The summed E-state index contributed by atoms with van der Waals surface area (Å²) in [5.74, 6) is -0.279. The molecule has 0 aliphatic carbocycles. The molecule has 2 aromatic carbocycles. The Kier molecular flexibility index (Phi) is 6.43. The lowest BCUT2D eigenvalue weighted by Gasteiger charge is -2.08. The molecule has 0 N–H and O–H groups in total. The number of benzene rings is 2. The van der Waals surface area contributed by atoms with Gasteiger partial charge in [-0.25, -0.2) is 4.99 Å². The molecule has 3 rings (SSSR count). The molecule has 0 aliphatic rings. The van der Waals surface area contributed by atoms with E-state index in [0.29, 0.717) is 28.7 Å². The van der Waals surface area contributed by atoms with Crippen molar-refractivity contribution in [3.63, 3.8) is 0 Å². The van der Waals surface area contributed by atoms with Gasteiger partial charge in [0.25, 0.3) is 0 Å². The molecule has 0 bridgehead atoms. The first-order chi connectivity index (χ1) is 13.3. The molecule has 3 aromatic rings. The van der Waals surface area contributed by atoms with Crippen LogP contribution in [0, 0.1) is 0 Å². The van der Waals surface area contributed by atoms with Crippen LogP contribution in [0.1, 0.15) is 11.3 Å². The average molecular weight is 429 g/mol. The van der Waals surface area contributed by atoms with Crippen molar-refractivity contribution in [2.45, 2.75) is 19.6 Å². The van der Waals surface area contributed by atoms with Crippen LogP contribution in [-0.4, -0.2) is 10.9 Å². The molecular formula is C19H16ClF3N2O2S. The second kappa shape index (κ2) is 8.81. The van der Waals surface area contributed by atoms with E-state index in [-0.39, 0.29) is 5.75 Å². The lowest BCUT2D eigenvalue weighted by Crippen LogP contribution is -2.16. The first kappa shape index (κ1) is 20.4. The van der Waals surface area contributed by atoms with Gasteiger partial charge < -0.3 is 14.0 Å². The van der Waals surface area contributed by atoms with Crippen molar-refractivity contribution in [3.05, 3.63) is 75.0 Å². The average Bonchev–Trinajstić information content (AvgIpc) is 2.97. The van der Waals surface area contributed by atoms with Crippen LogP contribution in [0.3, 0.4) is 0 Å². The van der Waals surface area contributed by atoms with E-state index in [1.54, 1.807) is 0 Å². The van der Waals surface area contributed by atoms with Gasteiger partial charge in [-0.15, -0.1) is 24.5 Å². The smallest absolute Gasteiger partial charge is 0.406 e. The summed E-state index contributed by atoms with van der Waals surface area (Å²) >= 11 is 7.28. The van der Waals surface area contributed by atoms with E-state index in [2.05, 4.69) is 9.73 Å². The fourth-order valence-corrected chi connectivity index (χ4v) is 3.35. The summed E-state index contributed by atoms with van der Waals surface area (Å²) < 4.78 is 48.1. The Hall–Kier alpha value is -2.29. The summed E-state index contributed by atoms with van der Waals surface area (Å²) in [5.41, 5.74) is 2.49. The van der Waals surface area contributed by atoms with Crippen molar-refractivity contribution in [2.24, 2.45) is 12.0 Å². The normalized spacial score (nSPS) is 12.4. The van der Waals surface area contributed by atoms with E-state index in [9.17, 15) is 13.2 Å². The van der Waals surface area contributed by atoms with Crippen LogP contribution < -0.4 is 9.54 Å². The molecule has 0 saturated heterocycles. The Labute approximate surface area is 168 Å². The molecular weight excluding hydrogens is 413 g/mol. The summed E-state index contributed by atoms with van der Waals surface area (Å²) in [6.45, 7) is 0.865. The SMILES string of the molecule is Cn1c(COCc2ccc(Cl)cc2)csc1=Nc1ccc(OC(F)(F)F)cc1. The van der Waals surface area contributed by atoms with Gasteiger partial charge in [-0.05, 0) is 42.0 Å². The van der Waals surface area contributed by atoms with Crippen LogP contribution in [-0.2, 0) is 25.0 Å². The zero-order valence-corrected chi connectivity index (χ0v) is 16.3. The highest BCUT2D eigenvalue weighted by atomic mass is 35.5. The number of nitrogens with zero attached hydrogens (tertiary/aromatic N) is 2. The highest BCUT2D eigenvalue weighted by Crippen LogP contribution is 2.24. The van der Waals surface area contributed by atoms with Crippen LogP contribution in [0.4, 0.5) is 18.9 Å². The highest BCUT2D eigenvalue weighted by Gasteiger charge is 2.30. The van der Waals surface area contributed by atoms with Gasteiger partial charge in [0.15, 0.2) is 4.80 Å². The number of halogens is 4. The maximum absolute atomic E-state index is 12.2. The van der Waals surface area contributed by atoms with Gasteiger partial charge >= 0.3 is 6.36 Å². The number of hydrogen-bond donors (Lipinski definition) is 0. The van der Waals surface area contributed by atoms with E-state index < -0.39 is 6.36 Å². The third-order valence-electron chi connectivity index (χ3n) is 3.75. The molecule has 0 atom stereocenters. The predicted molar refractivity (Wildman–Crippen MR) is 102 cm³/mol. The van der Waals surface area contributed by atoms with Crippen molar-refractivity contribution in [1.29, 1.82) is 0 Å². The molecule has 0 aliphatic heterocycles. The molecule has 148 valence electrons. The fourth-order valence-electron chi connectivity index (χ4n) is 2.32. The fraction of sp³-hybridized carbons (Fsp3) is 0.211. The van der Waals surface area contributed by atoms with Crippen molar-refractivity contribution >= 4 is 28.6 Å². The lowest BCUT2D eigenvalue weighted by molar-refractivity contribution is -0.274. The van der Waals surface area contributed by atoms with Gasteiger partial charge in [0.05, 0.1) is 24.6 Å². The number of aromatic nitrogens is 1. The molecule has 0 spiro atoms. The van der Waals surface area contributed by atoms with E-state index in [0.717, 1.165) is 11.3 Å². The largest absolute Gasteiger partial charge is 0.573 e. The van der Waals surface area contributed by atoms with Crippen LogP contribution in [0.5, 0.6) is 5.75 Å². The molecule has 4 nitrogen and oxygen atoms in total. The topological polar surface area (TPSA) is 35.8 Å². The van der Waals surface area contributed by atoms with Gasteiger partial charge in [-0.2, -0.15) is 0 Å². The second-order valence-electron chi connectivity index (χ2n) is 5.84. The summed E-state index contributed by atoms with van der Waals surface area (Å²) in [5, 5.41) is 2.61. The number of alkyl halides is 3. The first-order valence-electron chi connectivity index (χ1n) is 8.16. The summed E-state index contributed by atoms with van der Waals surface area (Å²) in [4.78, 5) is 5.15. The van der Waals surface area contributed by atoms with E-state index >= 15 is 0 Å². The van der Waals surface area contributed by atoms with Crippen molar-refractivity contribution in [2.75, 3.05) is 0 Å². The second-order valence-corrected chi connectivity index (χ2v) is 7.11. The number of hydrogen-bond acceptors (Lipinski definition) is 4. The minimum atomic E-state index is -4.71. The van der Waals surface area contributed by atoms with Crippen molar-refractivity contribution in [1.82, 2.24) is 4.57 Å². The Morgan fingerprint density at radius 2 is 1.71 bits per heavy atom. The monoisotopic (exact) mass is 428 g/mol. The Morgan fingerprint density at radius 1 is 1.04 bits per heavy atom. The molecule has 28 heavy (non-hydrogen) atoms. The van der Waals surface area contributed by atoms with Gasteiger partial charge in [0.1, 0.15) is 5.75 Å². The molecule has 0 saturated carbocycles. The molecule has 0 amide bonds. The highest BCUT2D eigenvalue weighted by molar-refractivity contribution is 7.07. The Bertz CT molecular complexity index is 980. The maximum Gasteiger partial charge on any atom is 0.573 e. The number of ether oxygens (including phenoxy) is 2. The molecule has 0 unspecified atom stereocenters. The van der Waals surface area contributed by atoms with Gasteiger partial charge in [-0.1, -0.05) is 23.7 Å². The zero-order chi connectivity index (χ0) is 20.1.